The summed E-state index contributed by atoms with van der Waals surface area (Å²) in [6.07, 6.45) is 1.11. The zero-order valence-electron chi connectivity index (χ0n) is 6.18. The topological polar surface area (TPSA) is 18.5 Å². The molecular weight excluding hydrogens is 208 g/mol. The minimum absolute atomic E-state index is 0. The molecular formula is C6H11BrMgO2. The van der Waals surface area contributed by atoms with Gasteiger partial charge in [-0.2, -0.15) is 0 Å². The Bertz CT molecular complexity index is 83.8. The van der Waals surface area contributed by atoms with Crippen LogP contribution in [0.2, 0.25) is 4.05 Å². The van der Waals surface area contributed by atoms with E-state index in [1.807, 2.05) is 21.7 Å². The van der Waals surface area contributed by atoms with Crippen LogP contribution < -0.4 is 17.0 Å². The van der Waals surface area contributed by atoms with E-state index in [9.17, 15) is 0 Å². The van der Waals surface area contributed by atoms with E-state index in [1.54, 1.807) is 0 Å². The number of hydrogen-bond donors (Lipinski definition) is 0. The molecule has 1 aliphatic rings. The molecule has 0 N–H and O–H groups in total. The maximum atomic E-state index is 5.32. The van der Waals surface area contributed by atoms with Crippen LogP contribution >= 0.6 is 0 Å². The molecule has 1 rings (SSSR count). The van der Waals surface area contributed by atoms with Crippen molar-refractivity contribution in [2.75, 3.05) is 13.2 Å². The van der Waals surface area contributed by atoms with E-state index in [-0.39, 0.29) is 23.3 Å². The van der Waals surface area contributed by atoms with Gasteiger partial charge in [0.15, 0.2) is 0 Å². The van der Waals surface area contributed by atoms with Gasteiger partial charge in [-0.1, -0.05) is 0 Å². The van der Waals surface area contributed by atoms with Gasteiger partial charge in [-0.3, -0.25) is 0 Å². The fourth-order valence-corrected chi connectivity index (χ4v) is 1.11. The van der Waals surface area contributed by atoms with Crippen LogP contribution in [0.15, 0.2) is 0 Å². The Hall–Kier alpha value is 1.17. The van der Waals surface area contributed by atoms with Gasteiger partial charge >= 0.3 is 68.1 Å². The summed E-state index contributed by atoms with van der Waals surface area (Å²) in [6.45, 7) is 3.86. The molecule has 1 fully saturated rings. The third-order valence-corrected chi connectivity index (χ3v) is 1.70. The molecule has 0 saturated carbocycles. The summed E-state index contributed by atoms with van der Waals surface area (Å²) in [6, 6.07) is 0. The molecule has 1 atom stereocenters. The van der Waals surface area contributed by atoms with Crippen LogP contribution in [-0.4, -0.2) is 41.2 Å². The molecule has 0 aromatic rings. The Balaban J connectivity index is 0.000000810. The third-order valence-electron chi connectivity index (χ3n) is 1.32. The van der Waals surface area contributed by atoms with Crippen molar-refractivity contribution in [1.82, 2.24) is 0 Å². The van der Waals surface area contributed by atoms with E-state index in [1.165, 1.54) is 0 Å². The molecule has 0 radical (unpaired) electrons. The maximum Gasteiger partial charge on any atom is -1.00 e. The summed E-state index contributed by atoms with van der Waals surface area (Å²) in [7, 11) is 0. The molecule has 0 aromatic carbocycles. The minimum Gasteiger partial charge on any atom is -1.00 e. The molecule has 4 heteroatoms. The van der Waals surface area contributed by atoms with Crippen molar-refractivity contribution in [2.45, 2.75) is 23.7 Å². The maximum absolute atomic E-state index is 5.32. The van der Waals surface area contributed by atoms with Gasteiger partial charge in [0.25, 0.3) is 0 Å². The number of hydrogen-bond acceptors (Lipinski definition) is 2. The average Bonchev–Trinajstić information content (AvgIpc) is 1.90. The molecule has 0 aromatic heterocycles. The summed E-state index contributed by atoms with van der Waals surface area (Å²) < 4.78 is 11.2. The van der Waals surface area contributed by atoms with Gasteiger partial charge in [-0.05, 0) is 0 Å². The minimum atomic E-state index is 0. The molecule has 1 saturated heterocycles. The standard InChI is InChI=1S/C6H11O2.BrH.Mg/c1-2-6-7-4-3-5-8-6;;/h2,6H,3-5H2,1H3;1H;/q;;+1/p-1. The molecule has 56 valence electrons. The Labute approximate surface area is 84.9 Å². The van der Waals surface area contributed by atoms with Gasteiger partial charge in [0.1, 0.15) is 0 Å². The quantitative estimate of drug-likeness (QED) is 0.463. The Kier molecular flexibility index (Phi) is 6.44. The van der Waals surface area contributed by atoms with Crippen molar-refractivity contribution in [2.24, 2.45) is 0 Å². The number of ether oxygens (including phenoxy) is 2. The predicted octanol–water partition coefficient (Wildman–Crippen LogP) is -2.27. The van der Waals surface area contributed by atoms with Gasteiger partial charge in [0, 0.05) is 0 Å². The average molecular weight is 219 g/mol. The van der Waals surface area contributed by atoms with Crippen molar-refractivity contribution < 1.29 is 26.5 Å². The first kappa shape index (κ1) is 11.2. The number of halogens is 1. The van der Waals surface area contributed by atoms with Crippen molar-refractivity contribution in [3.05, 3.63) is 0 Å². The van der Waals surface area contributed by atoms with Gasteiger partial charge in [0.2, 0.25) is 0 Å². The normalized spacial score (nSPS) is 23.5. The molecule has 1 aliphatic heterocycles. The van der Waals surface area contributed by atoms with Crippen LogP contribution in [-0.2, 0) is 9.47 Å². The monoisotopic (exact) mass is 218 g/mol. The van der Waals surface area contributed by atoms with E-state index in [4.69, 9.17) is 9.47 Å². The van der Waals surface area contributed by atoms with E-state index in [0.29, 0.717) is 4.05 Å². The second kappa shape index (κ2) is 5.77. The van der Waals surface area contributed by atoms with E-state index < -0.39 is 0 Å². The van der Waals surface area contributed by atoms with Crippen LogP contribution in [0.1, 0.15) is 13.3 Å². The smallest absolute Gasteiger partial charge is 1.00 e. The molecule has 0 aliphatic carbocycles. The SMILES string of the molecule is C[CH]([Mg+])C1OCCCO1.[Br-]. The molecule has 1 heterocycles. The molecule has 1 unspecified atom stereocenters. The van der Waals surface area contributed by atoms with Crippen LogP contribution in [0.3, 0.4) is 0 Å². The van der Waals surface area contributed by atoms with Crippen LogP contribution in [0.5, 0.6) is 0 Å². The van der Waals surface area contributed by atoms with E-state index in [0.717, 1.165) is 19.6 Å². The second-order valence-electron chi connectivity index (χ2n) is 2.44. The molecule has 0 amide bonds. The van der Waals surface area contributed by atoms with E-state index in [2.05, 4.69) is 6.92 Å². The zero-order chi connectivity index (χ0) is 6.69. The van der Waals surface area contributed by atoms with Gasteiger partial charge in [-0.15, -0.1) is 0 Å². The molecule has 2 nitrogen and oxygen atoms in total. The molecule has 0 bridgehead atoms. The van der Waals surface area contributed by atoms with Crippen LogP contribution in [0, 0.1) is 0 Å². The van der Waals surface area contributed by atoms with E-state index >= 15 is 0 Å². The summed E-state index contributed by atoms with van der Waals surface area (Å²) in [5.74, 6) is 0. The van der Waals surface area contributed by atoms with Gasteiger partial charge in [0.05, 0.1) is 0 Å². The Morgan fingerprint density at radius 3 is 2.20 bits per heavy atom. The van der Waals surface area contributed by atoms with Crippen molar-refractivity contribution in [1.29, 1.82) is 0 Å². The largest absolute Gasteiger partial charge is 1.00 e. The summed E-state index contributed by atoms with van der Waals surface area (Å²) >= 11 is 1.92. The van der Waals surface area contributed by atoms with Crippen molar-refractivity contribution in [3.63, 3.8) is 0 Å². The Morgan fingerprint density at radius 2 is 1.90 bits per heavy atom. The summed E-state index contributed by atoms with van der Waals surface area (Å²) in [5, 5.41) is 0. The zero-order valence-corrected chi connectivity index (χ0v) is 9.18. The first-order chi connectivity index (χ1) is 4.30. The van der Waals surface area contributed by atoms with Crippen LogP contribution in [0.25, 0.3) is 0 Å². The van der Waals surface area contributed by atoms with Crippen molar-refractivity contribution in [3.8, 4) is 0 Å². The predicted molar refractivity (Wildman–Crippen MR) is 35.5 cm³/mol. The summed E-state index contributed by atoms with van der Waals surface area (Å²) in [4.78, 5) is 0. The first-order valence-electron chi connectivity index (χ1n) is 3.37. The second-order valence-corrected chi connectivity index (χ2v) is 3.73. The Morgan fingerprint density at radius 1 is 1.40 bits per heavy atom. The molecule has 0 spiro atoms. The molecule has 10 heavy (non-hydrogen) atoms. The number of rotatable bonds is 1. The van der Waals surface area contributed by atoms with Gasteiger partial charge < -0.3 is 17.0 Å². The first-order valence-corrected chi connectivity index (χ1v) is 4.18. The fourth-order valence-electron chi connectivity index (χ4n) is 0.835. The van der Waals surface area contributed by atoms with Crippen molar-refractivity contribution >= 4 is 21.7 Å². The third kappa shape index (κ3) is 3.53. The van der Waals surface area contributed by atoms with Crippen LogP contribution in [0.4, 0.5) is 0 Å². The fraction of sp³-hybridized carbons (Fsp3) is 1.00. The van der Waals surface area contributed by atoms with Gasteiger partial charge in [-0.25, -0.2) is 0 Å². The summed E-state index contributed by atoms with van der Waals surface area (Å²) in [5.41, 5.74) is 0.